The van der Waals surface area contributed by atoms with Crippen LogP contribution in [0.15, 0.2) is 36.9 Å². The highest BCUT2D eigenvalue weighted by atomic mass is 35.5. The second kappa shape index (κ2) is 6.17. The van der Waals surface area contributed by atoms with E-state index in [2.05, 4.69) is 14.9 Å². The Kier molecular flexibility index (Phi) is 4.29. The molecule has 2 atom stereocenters. The molecule has 3 nitrogen and oxygen atoms in total. The molecular weight excluding hydrogens is 293 g/mol. The van der Waals surface area contributed by atoms with Gasteiger partial charge < -0.3 is 9.88 Å². The van der Waals surface area contributed by atoms with Crippen LogP contribution in [0.5, 0.6) is 0 Å². The smallest absolute Gasteiger partial charge is 0.0949 e. The van der Waals surface area contributed by atoms with Crippen molar-refractivity contribution in [1.82, 2.24) is 14.9 Å². The summed E-state index contributed by atoms with van der Waals surface area (Å²) in [6, 6.07) is 6.78. The molecule has 2 aromatic rings. The van der Waals surface area contributed by atoms with Crippen LogP contribution in [0.2, 0.25) is 10.0 Å². The van der Waals surface area contributed by atoms with Gasteiger partial charge in [0, 0.05) is 31.0 Å². The Labute approximate surface area is 128 Å². The largest absolute Gasteiger partial charge is 0.333 e. The number of benzene rings is 1. The van der Waals surface area contributed by atoms with E-state index in [0.29, 0.717) is 22.1 Å². The van der Waals surface area contributed by atoms with Crippen LogP contribution in [0.1, 0.15) is 30.9 Å². The molecule has 0 aliphatic heterocycles. The van der Waals surface area contributed by atoms with Gasteiger partial charge in [0.25, 0.3) is 0 Å². The molecular formula is C15H17Cl2N3. The molecule has 0 amide bonds. The minimum atomic E-state index is 0.485. The van der Waals surface area contributed by atoms with Gasteiger partial charge in [-0.05, 0) is 37.0 Å². The van der Waals surface area contributed by atoms with Crippen molar-refractivity contribution < 1.29 is 0 Å². The minimum absolute atomic E-state index is 0.485. The van der Waals surface area contributed by atoms with Crippen molar-refractivity contribution in [3.63, 3.8) is 0 Å². The Balaban J connectivity index is 1.64. The standard InChI is InChI=1S/C15H17Cl2N3/c16-12-5-4-11(8-13(12)17)9-19-14-2-1-3-15(14)20-7-6-18-10-20/h4-8,10,14-15,19H,1-3,9H2. The summed E-state index contributed by atoms with van der Waals surface area (Å²) in [4.78, 5) is 4.14. The van der Waals surface area contributed by atoms with Gasteiger partial charge in [-0.2, -0.15) is 0 Å². The van der Waals surface area contributed by atoms with Gasteiger partial charge in [0.1, 0.15) is 0 Å². The summed E-state index contributed by atoms with van der Waals surface area (Å²) >= 11 is 12.0. The molecule has 2 unspecified atom stereocenters. The monoisotopic (exact) mass is 309 g/mol. The molecule has 20 heavy (non-hydrogen) atoms. The average Bonchev–Trinajstić information content (AvgIpc) is 3.09. The molecule has 5 heteroatoms. The van der Waals surface area contributed by atoms with Crippen LogP contribution >= 0.6 is 23.2 Å². The zero-order chi connectivity index (χ0) is 13.9. The summed E-state index contributed by atoms with van der Waals surface area (Å²) in [5.41, 5.74) is 1.16. The Bertz CT molecular complexity index is 569. The van der Waals surface area contributed by atoms with Gasteiger partial charge in [-0.15, -0.1) is 0 Å². The number of hydrogen-bond donors (Lipinski definition) is 1. The number of nitrogens with one attached hydrogen (secondary N) is 1. The van der Waals surface area contributed by atoms with E-state index in [1.165, 1.54) is 19.3 Å². The highest BCUT2D eigenvalue weighted by Gasteiger charge is 2.27. The van der Waals surface area contributed by atoms with E-state index in [1.54, 1.807) is 0 Å². The molecule has 1 aliphatic carbocycles. The van der Waals surface area contributed by atoms with Gasteiger partial charge in [0.15, 0.2) is 0 Å². The Morgan fingerprint density at radius 1 is 1.25 bits per heavy atom. The number of imidazole rings is 1. The van der Waals surface area contributed by atoms with E-state index in [4.69, 9.17) is 23.2 Å². The Hall–Kier alpha value is -1.03. The molecule has 1 fully saturated rings. The summed E-state index contributed by atoms with van der Waals surface area (Å²) < 4.78 is 2.21. The van der Waals surface area contributed by atoms with Crippen LogP contribution in [0.25, 0.3) is 0 Å². The number of aromatic nitrogens is 2. The zero-order valence-electron chi connectivity index (χ0n) is 11.1. The van der Waals surface area contributed by atoms with Crippen LogP contribution in [0, 0.1) is 0 Å². The molecule has 1 aromatic heterocycles. The van der Waals surface area contributed by atoms with Gasteiger partial charge in [-0.1, -0.05) is 29.3 Å². The molecule has 0 spiro atoms. The first-order chi connectivity index (χ1) is 9.74. The lowest BCUT2D eigenvalue weighted by Gasteiger charge is -2.22. The number of halogens is 2. The third-order valence-electron chi connectivity index (χ3n) is 3.94. The summed E-state index contributed by atoms with van der Waals surface area (Å²) in [6.45, 7) is 0.812. The topological polar surface area (TPSA) is 29.9 Å². The fourth-order valence-electron chi connectivity index (χ4n) is 2.90. The summed E-state index contributed by atoms with van der Waals surface area (Å²) in [5, 5.41) is 4.85. The molecule has 1 saturated carbocycles. The van der Waals surface area contributed by atoms with E-state index < -0.39 is 0 Å². The molecule has 1 heterocycles. The average molecular weight is 310 g/mol. The van der Waals surface area contributed by atoms with Crippen LogP contribution in [0.3, 0.4) is 0 Å². The van der Waals surface area contributed by atoms with Crippen molar-refractivity contribution in [2.75, 3.05) is 0 Å². The fourth-order valence-corrected chi connectivity index (χ4v) is 3.22. The summed E-state index contributed by atoms with van der Waals surface area (Å²) in [6.07, 6.45) is 9.45. The molecule has 0 saturated heterocycles. The van der Waals surface area contributed by atoms with E-state index in [-0.39, 0.29) is 0 Å². The Morgan fingerprint density at radius 2 is 2.15 bits per heavy atom. The predicted molar refractivity (Wildman–Crippen MR) is 82.2 cm³/mol. The lowest BCUT2D eigenvalue weighted by atomic mass is 10.1. The second-order valence-electron chi connectivity index (χ2n) is 5.24. The molecule has 0 radical (unpaired) electrons. The second-order valence-corrected chi connectivity index (χ2v) is 6.06. The first-order valence-electron chi connectivity index (χ1n) is 6.89. The third-order valence-corrected chi connectivity index (χ3v) is 4.68. The highest BCUT2D eigenvalue weighted by molar-refractivity contribution is 6.42. The van der Waals surface area contributed by atoms with Gasteiger partial charge >= 0.3 is 0 Å². The van der Waals surface area contributed by atoms with Crippen molar-refractivity contribution in [3.05, 3.63) is 52.5 Å². The molecule has 1 aromatic carbocycles. The maximum atomic E-state index is 6.05. The Morgan fingerprint density at radius 3 is 2.90 bits per heavy atom. The number of hydrogen-bond acceptors (Lipinski definition) is 2. The summed E-state index contributed by atoms with van der Waals surface area (Å²) in [5.74, 6) is 0. The van der Waals surface area contributed by atoms with Crippen LogP contribution in [-0.4, -0.2) is 15.6 Å². The molecule has 1 N–H and O–H groups in total. The number of nitrogens with zero attached hydrogens (tertiary/aromatic N) is 2. The maximum absolute atomic E-state index is 6.05. The molecule has 3 rings (SSSR count). The van der Waals surface area contributed by atoms with Crippen molar-refractivity contribution in [2.24, 2.45) is 0 Å². The highest BCUT2D eigenvalue weighted by Crippen LogP contribution is 2.30. The first kappa shape index (κ1) is 13.9. The lowest BCUT2D eigenvalue weighted by molar-refractivity contribution is 0.390. The zero-order valence-corrected chi connectivity index (χ0v) is 12.6. The molecule has 0 bridgehead atoms. The van der Waals surface area contributed by atoms with E-state index in [0.717, 1.165) is 12.1 Å². The lowest BCUT2D eigenvalue weighted by Crippen LogP contribution is -2.33. The summed E-state index contributed by atoms with van der Waals surface area (Å²) in [7, 11) is 0. The first-order valence-corrected chi connectivity index (χ1v) is 7.64. The van der Waals surface area contributed by atoms with E-state index in [1.807, 2.05) is 36.9 Å². The van der Waals surface area contributed by atoms with E-state index in [9.17, 15) is 0 Å². The van der Waals surface area contributed by atoms with Gasteiger partial charge in [0.2, 0.25) is 0 Å². The van der Waals surface area contributed by atoms with Crippen molar-refractivity contribution >= 4 is 23.2 Å². The van der Waals surface area contributed by atoms with Gasteiger partial charge in [-0.25, -0.2) is 4.98 Å². The number of rotatable bonds is 4. The quantitative estimate of drug-likeness (QED) is 0.922. The van der Waals surface area contributed by atoms with Crippen LogP contribution < -0.4 is 5.32 Å². The predicted octanol–water partition coefficient (Wildman–Crippen LogP) is 4.07. The fraction of sp³-hybridized carbons (Fsp3) is 0.400. The minimum Gasteiger partial charge on any atom is -0.333 e. The normalized spacial score (nSPS) is 22.3. The van der Waals surface area contributed by atoms with Gasteiger partial charge in [0.05, 0.1) is 16.4 Å². The molecule has 106 valence electrons. The maximum Gasteiger partial charge on any atom is 0.0949 e. The van der Waals surface area contributed by atoms with Crippen molar-refractivity contribution in [2.45, 2.75) is 37.9 Å². The van der Waals surface area contributed by atoms with E-state index >= 15 is 0 Å². The third kappa shape index (κ3) is 3.00. The van der Waals surface area contributed by atoms with Crippen molar-refractivity contribution in [3.8, 4) is 0 Å². The van der Waals surface area contributed by atoms with Crippen molar-refractivity contribution in [1.29, 1.82) is 0 Å². The molecule has 1 aliphatic rings. The SMILES string of the molecule is Clc1ccc(CNC2CCCC2n2ccnc2)cc1Cl. The van der Waals surface area contributed by atoms with Gasteiger partial charge in [-0.3, -0.25) is 0 Å². The van der Waals surface area contributed by atoms with Crippen LogP contribution in [0.4, 0.5) is 0 Å². The van der Waals surface area contributed by atoms with Crippen LogP contribution in [-0.2, 0) is 6.54 Å².